The van der Waals surface area contributed by atoms with E-state index in [0.29, 0.717) is 12.5 Å². The van der Waals surface area contributed by atoms with Gasteiger partial charge in [-0.15, -0.1) is 0 Å². The first-order chi connectivity index (χ1) is 9.44. The fourth-order valence-corrected chi connectivity index (χ4v) is 2.08. The van der Waals surface area contributed by atoms with Crippen molar-refractivity contribution >= 4 is 12.2 Å². The minimum atomic E-state index is -0.438. The number of hydrogen-bond donors (Lipinski definition) is 0. The summed E-state index contributed by atoms with van der Waals surface area (Å²) in [5.74, 6) is 0.364. The third kappa shape index (κ3) is 4.33. The Morgan fingerprint density at radius 2 is 2.10 bits per heavy atom. The second kappa shape index (κ2) is 6.03. The lowest BCUT2D eigenvalue weighted by Gasteiger charge is -2.24. The molecular weight excluding hydrogens is 254 g/mol. The summed E-state index contributed by atoms with van der Waals surface area (Å²) >= 11 is 0. The van der Waals surface area contributed by atoms with Gasteiger partial charge in [-0.2, -0.15) is 0 Å². The molecule has 1 fully saturated rings. The summed E-state index contributed by atoms with van der Waals surface area (Å²) < 4.78 is 5.38. The van der Waals surface area contributed by atoms with Gasteiger partial charge in [0.05, 0.1) is 0 Å². The van der Waals surface area contributed by atoms with E-state index in [4.69, 9.17) is 4.74 Å². The zero-order valence-corrected chi connectivity index (χ0v) is 12.2. The standard InChI is InChI=1S/C15H21N3O2/c1-15(2,3)20-14(19)18-7-6-12(10-18)4-5-13-8-16-11-17-9-13/h4-5,8-9,11-12H,6-7,10H2,1-3H3/b5-4+/t12-/m1/s1. The van der Waals surface area contributed by atoms with Crippen LogP contribution in [0.5, 0.6) is 0 Å². The van der Waals surface area contributed by atoms with Crippen molar-refractivity contribution in [2.75, 3.05) is 13.1 Å². The van der Waals surface area contributed by atoms with Crippen LogP contribution in [0.25, 0.3) is 6.08 Å². The minimum Gasteiger partial charge on any atom is -0.444 e. The average molecular weight is 275 g/mol. The monoisotopic (exact) mass is 275 g/mol. The maximum atomic E-state index is 11.9. The van der Waals surface area contributed by atoms with Crippen molar-refractivity contribution in [1.29, 1.82) is 0 Å². The molecule has 1 saturated heterocycles. The first kappa shape index (κ1) is 14.5. The van der Waals surface area contributed by atoms with Crippen molar-refractivity contribution in [3.05, 3.63) is 30.4 Å². The molecule has 1 aromatic rings. The summed E-state index contributed by atoms with van der Waals surface area (Å²) in [4.78, 5) is 21.6. The molecule has 0 aliphatic carbocycles. The Balaban J connectivity index is 1.86. The Morgan fingerprint density at radius 1 is 1.40 bits per heavy atom. The van der Waals surface area contributed by atoms with Gasteiger partial charge in [-0.1, -0.05) is 12.2 Å². The number of aromatic nitrogens is 2. The van der Waals surface area contributed by atoms with Gasteiger partial charge in [0.15, 0.2) is 0 Å². The lowest BCUT2D eigenvalue weighted by atomic mass is 10.1. The molecule has 5 heteroatoms. The first-order valence-electron chi connectivity index (χ1n) is 6.85. The Kier molecular flexibility index (Phi) is 4.37. The molecule has 0 saturated carbocycles. The van der Waals surface area contributed by atoms with Crippen molar-refractivity contribution < 1.29 is 9.53 Å². The highest BCUT2D eigenvalue weighted by atomic mass is 16.6. The predicted octanol–water partition coefficient (Wildman–Crippen LogP) is 2.75. The predicted molar refractivity (Wildman–Crippen MR) is 77.0 cm³/mol. The van der Waals surface area contributed by atoms with E-state index in [1.54, 1.807) is 17.3 Å². The van der Waals surface area contributed by atoms with Crippen LogP contribution in [0.15, 0.2) is 24.8 Å². The smallest absolute Gasteiger partial charge is 0.410 e. The summed E-state index contributed by atoms with van der Waals surface area (Å²) in [6, 6.07) is 0. The number of ether oxygens (including phenoxy) is 1. The number of carbonyl (C=O) groups excluding carboxylic acids is 1. The molecular formula is C15H21N3O2. The van der Waals surface area contributed by atoms with Crippen molar-refractivity contribution in [2.24, 2.45) is 5.92 Å². The molecule has 1 amide bonds. The lowest BCUT2D eigenvalue weighted by molar-refractivity contribution is 0.0291. The molecule has 1 aliphatic heterocycles. The highest BCUT2D eigenvalue weighted by Crippen LogP contribution is 2.21. The summed E-state index contributed by atoms with van der Waals surface area (Å²) in [6.45, 7) is 7.10. The molecule has 0 radical (unpaired) electrons. The molecule has 0 bridgehead atoms. The Morgan fingerprint density at radius 3 is 2.75 bits per heavy atom. The Hall–Kier alpha value is -1.91. The number of hydrogen-bond acceptors (Lipinski definition) is 4. The lowest BCUT2D eigenvalue weighted by Crippen LogP contribution is -2.35. The summed E-state index contributed by atoms with van der Waals surface area (Å²) in [7, 11) is 0. The number of rotatable bonds is 2. The van der Waals surface area contributed by atoms with E-state index >= 15 is 0 Å². The van der Waals surface area contributed by atoms with E-state index in [1.807, 2.05) is 26.8 Å². The fourth-order valence-electron chi connectivity index (χ4n) is 2.08. The third-order valence-electron chi connectivity index (χ3n) is 3.02. The van der Waals surface area contributed by atoms with Crippen LogP contribution in [0.2, 0.25) is 0 Å². The van der Waals surface area contributed by atoms with E-state index in [-0.39, 0.29) is 6.09 Å². The number of carbonyl (C=O) groups is 1. The van der Waals surface area contributed by atoms with E-state index in [0.717, 1.165) is 18.5 Å². The molecule has 2 heterocycles. The molecule has 1 aliphatic rings. The molecule has 5 nitrogen and oxygen atoms in total. The van der Waals surface area contributed by atoms with Gasteiger partial charge in [0.2, 0.25) is 0 Å². The van der Waals surface area contributed by atoms with E-state index in [2.05, 4.69) is 16.0 Å². The van der Waals surface area contributed by atoms with Crippen molar-refractivity contribution in [3.8, 4) is 0 Å². The van der Waals surface area contributed by atoms with Crippen molar-refractivity contribution in [3.63, 3.8) is 0 Å². The quantitative estimate of drug-likeness (QED) is 0.832. The molecule has 0 spiro atoms. The zero-order valence-electron chi connectivity index (χ0n) is 12.2. The second-order valence-electron chi connectivity index (χ2n) is 6.01. The maximum absolute atomic E-state index is 11.9. The SMILES string of the molecule is CC(C)(C)OC(=O)N1CC[C@@H](/C=C/c2cncnc2)C1. The Labute approximate surface area is 119 Å². The molecule has 2 rings (SSSR count). The van der Waals surface area contributed by atoms with Crippen LogP contribution in [0.1, 0.15) is 32.8 Å². The zero-order chi connectivity index (χ0) is 14.6. The molecule has 0 aromatic carbocycles. The van der Waals surface area contributed by atoms with Gasteiger partial charge < -0.3 is 9.64 Å². The molecule has 1 atom stereocenters. The average Bonchev–Trinajstić information content (AvgIpc) is 2.84. The van der Waals surface area contributed by atoms with Crippen molar-refractivity contribution in [2.45, 2.75) is 32.8 Å². The van der Waals surface area contributed by atoms with Crippen LogP contribution in [0.3, 0.4) is 0 Å². The minimum absolute atomic E-state index is 0.226. The maximum Gasteiger partial charge on any atom is 0.410 e. The normalized spacial score (nSPS) is 19.6. The van der Waals surface area contributed by atoms with Gasteiger partial charge >= 0.3 is 6.09 Å². The van der Waals surface area contributed by atoms with Crippen LogP contribution >= 0.6 is 0 Å². The van der Waals surface area contributed by atoms with Crippen LogP contribution in [-0.4, -0.2) is 39.7 Å². The van der Waals surface area contributed by atoms with Crippen LogP contribution in [0.4, 0.5) is 4.79 Å². The number of nitrogens with zero attached hydrogens (tertiary/aromatic N) is 3. The number of likely N-dealkylation sites (tertiary alicyclic amines) is 1. The van der Waals surface area contributed by atoms with Crippen LogP contribution in [0, 0.1) is 5.92 Å². The summed E-state index contributed by atoms with van der Waals surface area (Å²) in [5, 5.41) is 0. The third-order valence-corrected chi connectivity index (χ3v) is 3.02. The first-order valence-corrected chi connectivity index (χ1v) is 6.85. The van der Waals surface area contributed by atoms with Crippen LogP contribution in [-0.2, 0) is 4.74 Å². The van der Waals surface area contributed by atoms with E-state index in [1.165, 1.54) is 6.33 Å². The number of amides is 1. The van der Waals surface area contributed by atoms with Crippen LogP contribution < -0.4 is 0 Å². The topological polar surface area (TPSA) is 55.3 Å². The van der Waals surface area contributed by atoms with Gasteiger partial charge in [-0.3, -0.25) is 0 Å². The van der Waals surface area contributed by atoms with Gasteiger partial charge in [0.25, 0.3) is 0 Å². The van der Waals surface area contributed by atoms with Gasteiger partial charge in [-0.05, 0) is 33.1 Å². The van der Waals surface area contributed by atoms with E-state index < -0.39 is 5.60 Å². The fraction of sp³-hybridized carbons (Fsp3) is 0.533. The molecule has 0 unspecified atom stereocenters. The highest BCUT2D eigenvalue weighted by molar-refractivity contribution is 5.68. The molecule has 108 valence electrons. The van der Waals surface area contributed by atoms with E-state index in [9.17, 15) is 4.79 Å². The van der Waals surface area contributed by atoms with Gasteiger partial charge in [0.1, 0.15) is 11.9 Å². The largest absolute Gasteiger partial charge is 0.444 e. The molecule has 1 aromatic heterocycles. The highest BCUT2D eigenvalue weighted by Gasteiger charge is 2.28. The molecule has 20 heavy (non-hydrogen) atoms. The van der Waals surface area contributed by atoms with Gasteiger partial charge in [0, 0.05) is 31.0 Å². The summed E-state index contributed by atoms with van der Waals surface area (Å²) in [5.41, 5.74) is 0.537. The van der Waals surface area contributed by atoms with Gasteiger partial charge in [-0.25, -0.2) is 14.8 Å². The second-order valence-corrected chi connectivity index (χ2v) is 6.01. The molecule has 0 N–H and O–H groups in total. The Bertz CT molecular complexity index is 480. The van der Waals surface area contributed by atoms with Crippen molar-refractivity contribution in [1.82, 2.24) is 14.9 Å². The summed E-state index contributed by atoms with van der Waals surface area (Å²) in [6.07, 6.45) is 9.90.